The molecule has 1 N–H and O–H groups in total. The molecule has 23 heavy (non-hydrogen) atoms. The number of H-pyrrole nitrogens is 1. The van der Waals surface area contributed by atoms with Crippen LogP contribution in [-0.2, 0) is 4.74 Å². The van der Waals surface area contributed by atoms with Gasteiger partial charge >= 0.3 is 5.97 Å². The highest BCUT2D eigenvalue weighted by Gasteiger charge is 2.15. The van der Waals surface area contributed by atoms with Gasteiger partial charge in [-0.1, -0.05) is 40.0 Å². The Morgan fingerprint density at radius 2 is 2.04 bits per heavy atom. The Hall–Kier alpha value is -2.10. The first-order valence-electron chi connectivity index (χ1n) is 6.65. The molecule has 3 rings (SSSR count). The number of aromatic amines is 1. The lowest BCUT2D eigenvalue weighted by molar-refractivity contribution is 0.0557. The number of hydrogen-bond acceptors (Lipinski definition) is 3. The zero-order chi connectivity index (χ0) is 16.4. The van der Waals surface area contributed by atoms with E-state index in [0.29, 0.717) is 15.9 Å². The Labute approximate surface area is 149 Å². The van der Waals surface area contributed by atoms with Crippen LogP contribution in [0.15, 0.2) is 45.3 Å². The van der Waals surface area contributed by atoms with Crippen LogP contribution in [0.3, 0.4) is 0 Å². The van der Waals surface area contributed by atoms with Crippen LogP contribution in [0.2, 0.25) is 0 Å². The molecule has 0 aliphatic rings. The summed E-state index contributed by atoms with van der Waals surface area (Å²) >= 11 is 6.96. The predicted molar refractivity (Wildman–Crippen MR) is 96.0 cm³/mol. The maximum Gasteiger partial charge on any atom is 0.339 e. The molecule has 0 aliphatic carbocycles. The first-order valence-corrected chi connectivity index (χ1v) is 8.23. The van der Waals surface area contributed by atoms with Crippen molar-refractivity contribution in [2.75, 3.05) is 6.61 Å². The molecule has 1 aromatic heterocycles. The lowest BCUT2D eigenvalue weighted by atomic mass is 10.2. The van der Waals surface area contributed by atoms with Gasteiger partial charge < -0.3 is 9.72 Å². The van der Waals surface area contributed by atoms with Crippen molar-refractivity contribution in [3.05, 3.63) is 50.9 Å². The van der Waals surface area contributed by atoms with Crippen molar-refractivity contribution in [2.24, 2.45) is 0 Å². The number of nitrogens with zero attached hydrogens (tertiary/aromatic N) is 1. The first kappa shape index (κ1) is 15.8. The highest BCUT2D eigenvalue weighted by molar-refractivity contribution is 9.11. The van der Waals surface area contributed by atoms with Crippen LogP contribution in [0, 0.1) is 12.3 Å². The van der Waals surface area contributed by atoms with Gasteiger partial charge in [-0.15, -0.1) is 6.42 Å². The zero-order valence-corrected chi connectivity index (χ0v) is 14.9. The lowest BCUT2D eigenvalue weighted by Crippen LogP contribution is -2.05. The van der Waals surface area contributed by atoms with Crippen LogP contribution >= 0.6 is 31.9 Å². The molecule has 114 valence electrons. The van der Waals surface area contributed by atoms with Crippen molar-refractivity contribution in [1.82, 2.24) is 9.97 Å². The molecule has 3 aromatic rings. The van der Waals surface area contributed by atoms with Gasteiger partial charge in [-0.05, 0) is 34.1 Å². The summed E-state index contributed by atoms with van der Waals surface area (Å²) in [4.78, 5) is 19.8. The minimum Gasteiger partial charge on any atom is -0.449 e. The van der Waals surface area contributed by atoms with Gasteiger partial charge in [-0.3, -0.25) is 0 Å². The highest BCUT2D eigenvalue weighted by Crippen LogP contribution is 2.31. The second-order valence-electron chi connectivity index (χ2n) is 4.70. The Balaban J connectivity index is 2.07. The van der Waals surface area contributed by atoms with E-state index in [4.69, 9.17) is 11.2 Å². The molecule has 0 unspecified atom stereocenters. The summed E-state index contributed by atoms with van der Waals surface area (Å²) in [5, 5.41) is 0. The second kappa shape index (κ2) is 6.57. The van der Waals surface area contributed by atoms with E-state index in [9.17, 15) is 4.79 Å². The molecule has 0 spiro atoms. The maximum absolute atomic E-state index is 11.9. The number of benzene rings is 2. The monoisotopic (exact) mass is 432 g/mol. The van der Waals surface area contributed by atoms with Crippen LogP contribution in [0.5, 0.6) is 0 Å². The number of imidazole rings is 1. The quantitative estimate of drug-likeness (QED) is 0.487. The number of ether oxygens (including phenoxy) is 1. The number of esters is 1. The Morgan fingerprint density at radius 3 is 2.78 bits per heavy atom. The minimum atomic E-state index is -0.470. The van der Waals surface area contributed by atoms with Crippen LogP contribution in [-0.4, -0.2) is 22.5 Å². The molecule has 0 fully saturated rings. The molecule has 1 heterocycles. The third-order valence-corrected chi connectivity index (χ3v) is 4.49. The normalized spacial score (nSPS) is 10.5. The third-order valence-electron chi connectivity index (χ3n) is 3.19. The summed E-state index contributed by atoms with van der Waals surface area (Å²) in [6.45, 7) is -0.0559. The van der Waals surface area contributed by atoms with Gasteiger partial charge in [0, 0.05) is 14.5 Å². The van der Waals surface area contributed by atoms with E-state index < -0.39 is 5.97 Å². The Bertz CT molecular complexity index is 941. The lowest BCUT2D eigenvalue weighted by Gasteiger charge is -2.02. The van der Waals surface area contributed by atoms with Gasteiger partial charge in [-0.25, -0.2) is 9.78 Å². The van der Waals surface area contributed by atoms with E-state index in [0.717, 1.165) is 21.1 Å². The van der Waals surface area contributed by atoms with Crippen molar-refractivity contribution in [1.29, 1.82) is 0 Å². The number of terminal acetylenes is 1. The fourth-order valence-corrected chi connectivity index (χ4v) is 3.19. The van der Waals surface area contributed by atoms with Gasteiger partial charge in [0.2, 0.25) is 0 Å². The number of halogens is 2. The van der Waals surface area contributed by atoms with Gasteiger partial charge in [0.05, 0.1) is 11.1 Å². The molecule has 0 radical (unpaired) electrons. The van der Waals surface area contributed by atoms with E-state index >= 15 is 0 Å². The molecule has 0 saturated heterocycles. The van der Waals surface area contributed by atoms with E-state index in [1.165, 1.54) is 0 Å². The van der Waals surface area contributed by atoms with Crippen LogP contribution in [0.25, 0.3) is 22.4 Å². The topological polar surface area (TPSA) is 55.0 Å². The average molecular weight is 434 g/mol. The first-order chi connectivity index (χ1) is 11.1. The van der Waals surface area contributed by atoms with Crippen molar-refractivity contribution < 1.29 is 9.53 Å². The zero-order valence-electron chi connectivity index (χ0n) is 11.8. The highest BCUT2D eigenvalue weighted by atomic mass is 79.9. The minimum absolute atomic E-state index is 0.0559. The Morgan fingerprint density at radius 1 is 1.26 bits per heavy atom. The largest absolute Gasteiger partial charge is 0.449 e. The number of nitrogens with one attached hydrogen (secondary N) is 1. The number of rotatable bonds is 3. The van der Waals surface area contributed by atoms with E-state index in [-0.39, 0.29) is 6.61 Å². The fourth-order valence-electron chi connectivity index (χ4n) is 2.16. The molecule has 4 nitrogen and oxygen atoms in total. The van der Waals surface area contributed by atoms with Gasteiger partial charge in [-0.2, -0.15) is 0 Å². The molecule has 0 aliphatic heterocycles. The summed E-state index contributed by atoms with van der Waals surface area (Å²) < 4.78 is 6.59. The molecular formula is C17H10Br2N2O2. The number of fused-ring (bicyclic) bond motifs is 1. The van der Waals surface area contributed by atoms with Crippen molar-refractivity contribution in [3.8, 4) is 23.7 Å². The van der Waals surface area contributed by atoms with Gasteiger partial charge in [0.1, 0.15) is 11.3 Å². The summed E-state index contributed by atoms with van der Waals surface area (Å²) in [6, 6.07) is 11.1. The fraction of sp³-hybridized carbons (Fsp3) is 0.0588. The third kappa shape index (κ3) is 3.16. The number of carbonyl (C=O) groups excluding carboxylic acids is 1. The van der Waals surface area contributed by atoms with Gasteiger partial charge in [0.15, 0.2) is 6.61 Å². The summed E-state index contributed by atoms with van der Waals surface area (Å²) in [5.74, 6) is 2.51. The second-order valence-corrected chi connectivity index (χ2v) is 6.41. The van der Waals surface area contributed by atoms with Crippen molar-refractivity contribution >= 4 is 48.9 Å². The van der Waals surface area contributed by atoms with Crippen molar-refractivity contribution in [3.63, 3.8) is 0 Å². The number of carbonyl (C=O) groups is 1. The summed E-state index contributed by atoms with van der Waals surface area (Å²) in [6.07, 6.45) is 5.10. The van der Waals surface area contributed by atoms with E-state index in [1.54, 1.807) is 12.1 Å². The standard InChI is InChI=1S/C17H10Br2N2O2/c1-2-7-23-17(22)10-8-13(19)15-14(9-10)20-16(21-15)11-5-3-4-6-12(11)18/h1,3-6,8-9H,7H2,(H,20,21). The molecule has 6 heteroatoms. The van der Waals surface area contributed by atoms with Crippen LogP contribution < -0.4 is 0 Å². The summed E-state index contributed by atoms with van der Waals surface area (Å²) in [5.41, 5.74) is 2.82. The van der Waals surface area contributed by atoms with Crippen molar-refractivity contribution in [2.45, 2.75) is 0 Å². The number of hydrogen-bond donors (Lipinski definition) is 1. The molecular weight excluding hydrogens is 424 g/mol. The predicted octanol–water partition coefficient (Wildman–Crippen LogP) is 4.54. The maximum atomic E-state index is 11.9. The van der Waals surface area contributed by atoms with E-state index in [1.807, 2.05) is 24.3 Å². The van der Waals surface area contributed by atoms with E-state index in [2.05, 4.69) is 47.7 Å². The molecule has 0 amide bonds. The molecule has 2 aromatic carbocycles. The Kier molecular flexibility index (Phi) is 4.51. The molecule has 0 bridgehead atoms. The van der Waals surface area contributed by atoms with Crippen LogP contribution in [0.4, 0.5) is 0 Å². The molecule has 0 atom stereocenters. The summed E-state index contributed by atoms with van der Waals surface area (Å²) in [7, 11) is 0. The van der Waals surface area contributed by atoms with Gasteiger partial charge in [0.25, 0.3) is 0 Å². The number of aromatic nitrogens is 2. The molecule has 0 saturated carbocycles. The van der Waals surface area contributed by atoms with Crippen LogP contribution in [0.1, 0.15) is 10.4 Å². The smallest absolute Gasteiger partial charge is 0.339 e. The average Bonchev–Trinajstić information content (AvgIpc) is 2.97. The SMILES string of the molecule is C#CCOC(=O)c1cc(Br)c2nc(-c3ccccc3Br)[nH]c2c1.